The Morgan fingerprint density at radius 2 is 2.10 bits per heavy atom. The highest BCUT2D eigenvalue weighted by atomic mass is 35.5. The van der Waals surface area contributed by atoms with Crippen molar-refractivity contribution in [1.29, 1.82) is 0 Å². The van der Waals surface area contributed by atoms with Crippen molar-refractivity contribution in [3.63, 3.8) is 0 Å². The quantitative estimate of drug-likeness (QED) is 0.482. The summed E-state index contributed by atoms with van der Waals surface area (Å²) in [6.45, 7) is 0.359. The van der Waals surface area contributed by atoms with Crippen LogP contribution in [0.1, 0.15) is 41.9 Å². The predicted molar refractivity (Wildman–Crippen MR) is 109 cm³/mol. The van der Waals surface area contributed by atoms with Gasteiger partial charge in [-0.1, -0.05) is 30.3 Å². The van der Waals surface area contributed by atoms with Crippen LogP contribution in [-0.2, 0) is 30.7 Å². The van der Waals surface area contributed by atoms with Gasteiger partial charge in [-0.15, -0.1) is 12.4 Å². The molecular weight excluding hydrogens is 392 g/mol. The van der Waals surface area contributed by atoms with Crippen LogP contribution in [0.4, 0.5) is 0 Å². The lowest BCUT2D eigenvalue weighted by Crippen LogP contribution is -2.30. The summed E-state index contributed by atoms with van der Waals surface area (Å²) in [6, 6.07) is 9.70. The van der Waals surface area contributed by atoms with E-state index in [2.05, 4.69) is 30.6 Å². The lowest BCUT2D eigenvalue weighted by molar-refractivity contribution is -0.122. The molecule has 1 atom stereocenters. The summed E-state index contributed by atoms with van der Waals surface area (Å²) in [5.74, 6) is 2.50. The molecule has 2 heterocycles. The van der Waals surface area contributed by atoms with Gasteiger partial charge in [0.2, 0.25) is 5.91 Å². The lowest BCUT2D eigenvalue weighted by Gasteiger charge is -2.13. The van der Waals surface area contributed by atoms with Gasteiger partial charge in [-0.05, 0) is 30.7 Å². The molecule has 0 radical (unpaired) electrons. The van der Waals surface area contributed by atoms with E-state index in [0.29, 0.717) is 24.0 Å². The first-order valence-electron chi connectivity index (χ1n) is 9.51. The Kier molecular flexibility index (Phi) is 6.95. The summed E-state index contributed by atoms with van der Waals surface area (Å²) in [5, 5.41) is 13.9. The number of halogens is 1. The van der Waals surface area contributed by atoms with Gasteiger partial charge in [0.1, 0.15) is 24.5 Å². The van der Waals surface area contributed by atoms with Crippen LogP contribution >= 0.6 is 12.4 Å². The molecule has 0 saturated heterocycles. The summed E-state index contributed by atoms with van der Waals surface area (Å²) in [7, 11) is 0. The minimum Gasteiger partial charge on any atom is -0.347 e. The highest BCUT2D eigenvalue weighted by Crippen LogP contribution is 2.32. The van der Waals surface area contributed by atoms with Gasteiger partial charge in [0, 0.05) is 6.42 Å². The third kappa shape index (κ3) is 5.85. The summed E-state index contributed by atoms with van der Waals surface area (Å²) in [6.07, 6.45) is 5.33. The number of nitrogens with one attached hydrogen (secondary N) is 2. The molecule has 2 aromatic heterocycles. The van der Waals surface area contributed by atoms with Crippen molar-refractivity contribution in [2.75, 3.05) is 0 Å². The summed E-state index contributed by atoms with van der Waals surface area (Å²) in [5.41, 5.74) is 7.56. The second kappa shape index (κ2) is 9.62. The molecule has 0 unspecified atom stereocenters. The van der Waals surface area contributed by atoms with Gasteiger partial charge >= 0.3 is 0 Å². The zero-order valence-electron chi connectivity index (χ0n) is 16.0. The maximum Gasteiger partial charge on any atom is 0.242 e. The van der Waals surface area contributed by atoms with Gasteiger partial charge < -0.3 is 11.1 Å². The van der Waals surface area contributed by atoms with E-state index in [-0.39, 0.29) is 37.4 Å². The fraction of sp³-hybridized carbons (Fsp3) is 0.421. The third-order valence-corrected chi connectivity index (χ3v) is 4.75. The topological polar surface area (TPSA) is 127 Å². The van der Waals surface area contributed by atoms with Gasteiger partial charge in [0.15, 0.2) is 5.82 Å². The van der Waals surface area contributed by atoms with E-state index in [1.807, 2.05) is 30.3 Å². The maximum atomic E-state index is 12.4. The smallest absolute Gasteiger partial charge is 0.242 e. The number of amides is 1. The summed E-state index contributed by atoms with van der Waals surface area (Å²) in [4.78, 5) is 21.0. The molecule has 1 aliphatic carbocycles. The van der Waals surface area contributed by atoms with E-state index in [1.165, 1.54) is 19.2 Å². The molecule has 0 spiro atoms. The minimum absolute atomic E-state index is 0. The Morgan fingerprint density at radius 3 is 2.79 bits per heavy atom. The van der Waals surface area contributed by atoms with Crippen LogP contribution in [0, 0.1) is 5.92 Å². The molecule has 1 aliphatic rings. The van der Waals surface area contributed by atoms with Crippen molar-refractivity contribution in [3.05, 3.63) is 59.7 Å². The molecule has 3 aromatic rings. The third-order valence-electron chi connectivity index (χ3n) is 4.75. The minimum atomic E-state index is -0.329. The van der Waals surface area contributed by atoms with E-state index >= 15 is 0 Å². The number of nitrogens with zero attached hydrogens (tertiary/aromatic N) is 5. The number of aromatic nitrogens is 6. The summed E-state index contributed by atoms with van der Waals surface area (Å²) >= 11 is 0. The van der Waals surface area contributed by atoms with Crippen LogP contribution in [-0.4, -0.2) is 35.9 Å². The molecule has 1 amide bonds. The molecule has 1 fully saturated rings. The highest BCUT2D eigenvalue weighted by Gasteiger charge is 2.26. The number of hydrogen-bond acceptors (Lipinski definition) is 6. The van der Waals surface area contributed by atoms with Crippen molar-refractivity contribution in [3.8, 4) is 0 Å². The molecule has 10 heteroatoms. The molecule has 4 rings (SSSR count). The number of carbonyl (C=O) groups excluding carboxylic acids is 1. The molecule has 154 valence electrons. The number of carbonyl (C=O) groups is 1. The molecule has 1 aromatic carbocycles. The van der Waals surface area contributed by atoms with Crippen LogP contribution in [0.15, 0.2) is 36.7 Å². The van der Waals surface area contributed by atoms with Gasteiger partial charge in [-0.3, -0.25) is 9.89 Å². The zero-order valence-corrected chi connectivity index (χ0v) is 16.8. The summed E-state index contributed by atoms with van der Waals surface area (Å²) < 4.78 is 1.64. The molecular formula is C19H25ClN8O. The standard InChI is InChI=1S/C19H24N8O.ClH/c20-15(8-13-4-2-1-3-5-13)19-24-16(9-14-6-7-14)26-27(19)11-18(28)21-10-17-22-12-23-25-17;/h1-5,12,14-15H,6-11,20H2,(H,21,28)(H,22,23,25);1H/t15-;/m1./s1. The molecule has 1 saturated carbocycles. The van der Waals surface area contributed by atoms with Crippen LogP contribution in [0.3, 0.4) is 0 Å². The van der Waals surface area contributed by atoms with Gasteiger partial charge in [0.25, 0.3) is 0 Å². The Morgan fingerprint density at radius 1 is 1.31 bits per heavy atom. The first-order chi connectivity index (χ1) is 13.7. The first-order valence-corrected chi connectivity index (χ1v) is 9.51. The Labute approximate surface area is 174 Å². The van der Waals surface area contributed by atoms with Gasteiger partial charge in [-0.2, -0.15) is 10.2 Å². The second-order valence-corrected chi connectivity index (χ2v) is 7.20. The van der Waals surface area contributed by atoms with E-state index < -0.39 is 0 Å². The molecule has 4 N–H and O–H groups in total. The normalized spacial score (nSPS) is 14.2. The number of nitrogens with two attached hydrogens (primary N) is 1. The van der Waals surface area contributed by atoms with Crippen molar-refractivity contribution >= 4 is 18.3 Å². The Hall–Kier alpha value is -2.78. The van der Waals surface area contributed by atoms with Crippen LogP contribution in [0.2, 0.25) is 0 Å². The van der Waals surface area contributed by atoms with E-state index in [0.717, 1.165) is 17.8 Å². The van der Waals surface area contributed by atoms with Crippen molar-refractivity contribution in [2.24, 2.45) is 11.7 Å². The maximum absolute atomic E-state index is 12.4. The number of H-pyrrole nitrogens is 1. The Bertz CT molecular complexity index is 908. The lowest BCUT2D eigenvalue weighted by atomic mass is 10.1. The van der Waals surface area contributed by atoms with E-state index in [4.69, 9.17) is 5.73 Å². The van der Waals surface area contributed by atoms with Crippen molar-refractivity contribution in [2.45, 2.75) is 44.8 Å². The average Bonchev–Trinajstić information content (AvgIpc) is 3.18. The van der Waals surface area contributed by atoms with Gasteiger partial charge in [0.05, 0.1) is 12.6 Å². The fourth-order valence-corrected chi connectivity index (χ4v) is 3.11. The molecule has 0 aliphatic heterocycles. The number of hydrogen-bond donors (Lipinski definition) is 3. The number of rotatable bonds is 9. The highest BCUT2D eigenvalue weighted by molar-refractivity contribution is 5.85. The largest absolute Gasteiger partial charge is 0.347 e. The second-order valence-electron chi connectivity index (χ2n) is 7.20. The Balaban J connectivity index is 0.00000240. The zero-order chi connectivity index (χ0) is 19.3. The van der Waals surface area contributed by atoms with Crippen molar-refractivity contribution < 1.29 is 4.79 Å². The average molecular weight is 417 g/mol. The molecule has 0 bridgehead atoms. The molecule has 29 heavy (non-hydrogen) atoms. The van der Waals surface area contributed by atoms with E-state index in [9.17, 15) is 4.79 Å². The monoisotopic (exact) mass is 416 g/mol. The van der Waals surface area contributed by atoms with Gasteiger partial charge in [-0.25, -0.2) is 14.6 Å². The van der Waals surface area contributed by atoms with Crippen molar-refractivity contribution in [1.82, 2.24) is 35.3 Å². The first kappa shape index (κ1) is 20.9. The number of aromatic amines is 1. The van der Waals surface area contributed by atoms with E-state index in [1.54, 1.807) is 4.68 Å². The van der Waals surface area contributed by atoms with Crippen LogP contribution < -0.4 is 11.1 Å². The SMILES string of the molecule is Cl.N[C@H](Cc1ccccc1)c1nc(CC2CC2)nn1CC(=O)NCc1ncn[nH]1. The predicted octanol–water partition coefficient (Wildman–Crippen LogP) is 1.33. The van der Waals surface area contributed by atoms with Crippen LogP contribution in [0.5, 0.6) is 0 Å². The number of benzene rings is 1. The molecule has 9 nitrogen and oxygen atoms in total. The fourth-order valence-electron chi connectivity index (χ4n) is 3.11. The van der Waals surface area contributed by atoms with Crippen LogP contribution in [0.25, 0.3) is 0 Å².